The maximum Gasteiger partial charge on any atom is 0.268 e. The van der Waals surface area contributed by atoms with Crippen molar-refractivity contribution in [2.75, 3.05) is 0 Å². The number of nitrogens with zero attached hydrogens (tertiary/aromatic N) is 1. The zero-order valence-electron chi connectivity index (χ0n) is 16.0. The fraction of sp³-hybridized carbons (Fsp3) is 0.174. The van der Waals surface area contributed by atoms with Crippen molar-refractivity contribution >= 4 is 23.3 Å². The molecule has 3 aromatic rings. The number of rotatable bonds is 4. The highest BCUT2D eigenvalue weighted by molar-refractivity contribution is 6.31. The molecule has 4 rings (SSSR count). The van der Waals surface area contributed by atoms with Crippen LogP contribution in [-0.4, -0.2) is 16.3 Å². The van der Waals surface area contributed by atoms with Gasteiger partial charge in [-0.15, -0.1) is 0 Å². The van der Waals surface area contributed by atoms with Crippen molar-refractivity contribution in [3.05, 3.63) is 98.2 Å². The first kappa shape index (κ1) is 20.0. The zero-order valence-corrected chi connectivity index (χ0v) is 16.7. The molecule has 0 aliphatic heterocycles. The molecule has 152 valence electrons. The number of fused-ring (bicyclic) bond motifs is 1. The van der Waals surface area contributed by atoms with Crippen LogP contribution in [0, 0.1) is 5.82 Å². The molecule has 0 saturated heterocycles. The monoisotopic (exact) mass is 424 g/mol. The molecule has 0 radical (unpaired) electrons. The first-order valence-electron chi connectivity index (χ1n) is 9.55. The third-order valence-electron chi connectivity index (χ3n) is 5.15. The Labute approximate surface area is 177 Å². The van der Waals surface area contributed by atoms with Crippen molar-refractivity contribution in [3.63, 3.8) is 0 Å². The van der Waals surface area contributed by atoms with Crippen molar-refractivity contribution in [2.45, 2.75) is 25.8 Å². The van der Waals surface area contributed by atoms with Gasteiger partial charge in [0, 0.05) is 34.9 Å². The summed E-state index contributed by atoms with van der Waals surface area (Å²) in [6.45, 7) is 0.138. The molecule has 1 aliphatic rings. The molecular weight excluding hydrogens is 407 g/mol. The summed E-state index contributed by atoms with van der Waals surface area (Å²) >= 11 is 6.12. The summed E-state index contributed by atoms with van der Waals surface area (Å²) in [5.41, 5.74) is 1.33. The number of hydrogen-bond acceptors (Lipinski definition) is 3. The van der Waals surface area contributed by atoms with Crippen LogP contribution in [0.3, 0.4) is 0 Å². The summed E-state index contributed by atoms with van der Waals surface area (Å²) in [6.07, 6.45) is 1.50. The normalized spacial score (nSPS) is 13.1. The number of nitrogens with one attached hydrogen (secondary N) is 1. The van der Waals surface area contributed by atoms with E-state index in [2.05, 4.69) is 5.32 Å². The van der Waals surface area contributed by atoms with Crippen molar-refractivity contribution in [2.24, 2.45) is 0 Å². The van der Waals surface area contributed by atoms with Crippen LogP contribution in [0.25, 0.3) is 5.69 Å². The van der Waals surface area contributed by atoms with Crippen LogP contribution >= 0.6 is 11.6 Å². The molecule has 1 amide bonds. The number of pyridine rings is 1. The molecule has 30 heavy (non-hydrogen) atoms. The van der Waals surface area contributed by atoms with Crippen LogP contribution in [-0.2, 0) is 13.0 Å². The Balaban J connectivity index is 1.77. The van der Waals surface area contributed by atoms with E-state index in [1.807, 2.05) is 0 Å². The van der Waals surface area contributed by atoms with E-state index in [0.717, 1.165) is 0 Å². The number of Topliss-reactive ketones (excluding diaryl/α,β-unsaturated/α-hetero) is 1. The summed E-state index contributed by atoms with van der Waals surface area (Å²) in [4.78, 5) is 38.6. The van der Waals surface area contributed by atoms with Crippen molar-refractivity contribution < 1.29 is 14.0 Å². The molecular formula is C23H18ClFN2O3. The topological polar surface area (TPSA) is 68.2 Å². The zero-order chi connectivity index (χ0) is 21.3. The van der Waals surface area contributed by atoms with E-state index in [1.165, 1.54) is 34.9 Å². The maximum absolute atomic E-state index is 13.4. The highest BCUT2D eigenvalue weighted by Crippen LogP contribution is 2.24. The average molecular weight is 425 g/mol. The molecule has 5 nitrogen and oxygen atoms in total. The van der Waals surface area contributed by atoms with E-state index in [1.54, 1.807) is 24.3 Å². The van der Waals surface area contributed by atoms with Gasteiger partial charge in [-0.05, 0) is 54.8 Å². The van der Waals surface area contributed by atoms with E-state index in [0.29, 0.717) is 46.8 Å². The first-order chi connectivity index (χ1) is 14.5. The lowest BCUT2D eigenvalue weighted by molar-refractivity contribution is 0.0949. The quantitative estimate of drug-likeness (QED) is 0.686. The molecule has 1 N–H and O–H groups in total. The van der Waals surface area contributed by atoms with Gasteiger partial charge >= 0.3 is 0 Å². The molecule has 0 saturated carbocycles. The summed E-state index contributed by atoms with van der Waals surface area (Å²) in [5, 5.41) is 3.20. The van der Waals surface area contributed by atoms with Crippen LogP contribution < -0.4 is 10.9 Å². The second kappa shape index (κ2) is 8.24. The van der Waals surface area contributed by atoms with Gasteiger partial charge < -0.3 is 5.32 Å². The van der Waals surface area contributed by atoms with E-state index in [4.69, 9.17) is 11.6 Å². The predicted octanol–water partition coefficient (Wildman–Crippen LogP) is 4.08. The molecule has 7 heteroatoms. The number of hydrogen-bond donors (Lipinski definition) is 1. The lowest BCUT2D eigenvalue weighted by Gasteiger charge is -2.21. The predicted molar refractivity (Wildman–Crippen MR) is 112 cm³/mol. The lowest BCUT2D eigenvalue weighted by atomic mass is 9.92. The second-order valence-corrected chi connectivity index (χ2v) is 7.49. The Kier molecular flexibility index (Phi) is 5.50. The number of carbonyl (C=O) groups is 2. The highest BCUT2D eigenvalue weighted by atomic mass is 35.5. The highest BCUT2D eigenvalue weighted by Gasteiger charge is 2.26. The van der Waals surface area contributed by atoms with Crippen LogP contribution in [0.4, 0.5) is 4.39 Å². The van der Waals surface area contributed by atoms with Gasteiger partial charge in [-0.2, -0.15) is 0 Å². The standard InChI is InChI=1S/C23H18ClFN2O3/c24-19-5-2-1-4-14(19)13-26-22(29)18-12-17-20(6-3-7-21(17)28)27(23(18)30)16-10-8-15(25)9-11-16/h1-2,4-5,8-12H,3,6-7,13H2,(H,26,29). The Morgan fingerprint density at radius 3 is 2.53 bits per heavy atom. The minimum absolute atomic E-state index is 0.118. The first-order valence-corrected chi connectivity index (χ1v) is 9.93. The summed E-state index contributed by atoms with van der Waals surface area (Å²) in [6, 6.07) is 13.8. The molecule has 0 bridgehead atoms. The molecule has 2 aromatic carbocycles. The van der Waals surface area contributed by atoms with E-state index < -0.39 is 17.3 Å². The van der Waals surface area contributed by atoms with E-state index in [-0.39, 0.29) is 17.9 Å². The van der Waals surface area contributed by atoms with E-state index >= 15 is 0 Å². The number of carbonyl (C=O) groups excluding carboxylic acids is 2. The van der Waals surface area contributed by atoms with Crippen LogP contribution in [0.5, 0.6) is 0 Å². The fourth-order valence-electron chi connectivity index (χ4n) is 3.63. The third kappa shape index (κ3) is 3.78. The SMILES string of the molecule is O=C1CCCc2c1cc(C(=O)NCc1ccccc1Cl)c(=O)n2-c1ccc(F)cc1. The van der Waals surface area contributed by atoms with Gasteiger partial charge in [0.05, 0.1) is 0 Å². The number of benzene rings is 2. The summed E-state index contributed by atoms with van der Waals surface area (Å²) in [7, 11) is 0. The average Bonchev–Trinajstić information content (AvgIpc) is 2.74. The van der Waals surface area contributed by atoms with Gasteiger partial charge in [0.25, 0.3) is 11.5 Å². The van der Waals surface area contributed by atoms with Crippen molar-refractivity contribution in [1.82, 2.24) is 9.88 Å². The molecule has 1 aliphatic carbocycles. The maximum atomic E-state index is 13.4. The van der Waals surface area contributed by atoms with Gasteiger partial charge in [-0.1, -0.05) is 29.8 Å². The van der Waals surface area contributed by atoms with Crippen molar-refractivity contribution in [3.8, 4) is 5.69 Å². The van der Waals surface area contributed by atoms with Gasteiger partial charge in [0.15, 0.2) is 5.78 Å². The Bertz CT molecular complexity index is 1200. The number of ketones is 1. The van der Waals surface area contributed by atoms with Gasteiger partial charge in [0.1, 0.15) is 11.4 Å². The summed E-state index contributed by atoms with van der Waals surface area (Å²) < 4.78 is 14.7. The lowest BCUT2D eigenvalue weighted by Crippen LogP contribution is -2.36. The fourth-order valence-corrected chi connectivity index (χ4v) is 3.83. The minimum atomic E-state index is -0.600. The van der Waals surface area contributed by atoms with Crippen molar-refractivity contribution in [1.29, 1.82) is 0 Å². The third-order valence-corrected chi connectivity index (χ3v) is 5.52. The molecule has 1 heterocycles. The van der Waals surface area contributed by atoms with Crippen LogP contribution in [0.2, 0.25) is 5.02 Å². The van der Waals surface area contributed by atoms with E-state index in [9.17, 15) is 18.8 Å². The largest absolute Gasteiger partial charge is 0.348 e. The molecule has 0 fully saturated rings. The van der Waals surface area contributed by atoms with Gasteiger partial charge in [-0.25, -0.2) is 4.39 Å². The van der Waals surface area contributed by atoms with Crippen LogP contribution in [0.1, 0.15) is 44.8 Å². The Hall–Kier alpha value is -3.25. The van der Waals surface area contributed by atoms with Gasteiger partial charge in [-0.3, -0.25) is 19.0 Å². The summed E-state index contributed by atoms with van der Waals surface area (Å²) in [5.74, 6) is -1.16. The van der Waals surface area contributed by atoms with Crippen LogP contribution in [0.15, 0.2) is 59.4 Å². The van der Waals surface area contributed by atoms with Gasteiger partial charge in [0.2, 0.25) is 0 Å². The molecule has 0 unspecified atom stereocenters. The molecule has 0 atom stereocenters. The smallest absolute Gasteiger partial charge is 0.268 e. The second-order valence-electron chi connectivity index (χ2n) is 7.09. The minimum Gasteiger partial charge on any atom is -0.348 e. The number of aromatic nitrogens is 1. The molecule has 1 aromatic heterocycles. The molecule has 0 spiro atoms. The Morgan fingerprint density at radius 1 is 1.07 bits per heavy atom. The number of amides is 1. The Morgan fingerprint density at radius 2 is 1.80 bits per heavy atom. The number of halogens is 2.